The molecule has 0 fully saturated rings. The Balaban J connectivity index is 3.28. The zero-order chi connectivity index (χ0) is 13.4. The van der Waals surface area contributed by atoms with Crippen molar-refractivity contribution in [2.75, 3.05) is 20.6 Å². The van der Waals surface area contributed by atoms with Crippen LogP contribution in [0.25, 0.3) is 6.08 Å². The molecule has 0 aromatic heterocycles. The van der Waals surface area contributed by atoms with Gasteiger partial charge in [0.15, 0.2) is 11.5 Å². The highest BCUT2D eigenvalue weighted by atomic mass is 19.1. The predicted octanol–water partition coefficient (Wildman–Crippen LogP) is 3.64. The van der Waals surface area contributed by atoms with E-state index in [1.54, 1.807) is 19.1 Å². The molecule has 18 heavy (non-hydrogen) atoms. The van der Waals surface area contributed by atoms with Crippen LogP contribution in [-0.2, 0) is 0 Å². The fourth-order valence-electron chi connectivity index (χ4n) is 1.44. The highest BCUT2D eigenvalue weighted by Gasteiger charge is 2.16. The highest BCUT2D eigenvalue weighted by molar-refractivity contribution is 5.66. The second-order valence-corrected chi connectivity index (χ2v) is 3.07. The Labute approximate surface area is 103 Å². The van der Waals surface area contributed by atoms with Crippen molar-refractivity contribution in [1.82, 2.24) is 0 Å². The summed E-state index contributed by atoms with van der Waals surface area (Å²) in [5.74, 6) is -0.241. The van der Waals surface area contributed by atoms with Gasteiger partial charge in [0.05, 0.1) is 0 Å². The molecule has 0 spiro atoms. The summed E-state index contributed by atoms with van der Waals surface area (Å²) in [5, 5.41) is 0. The van der Waals surface area contributed by atoms with Crippen molar-refractivity contribution >= 4 is 6.08 Å². The average molecular weight is 262 g/mol. The maximum absolute atomic E-state index is 12.3. The van der Waals surface area contributed by atoms with E-state index in [2.05, 4.69) is 9.47 Å². The van der Waals surface area contributed by atoms with E-state index in [9.17, 15) is 13.2 Å². The lowest BCUT2D eigenvalue weighted by molar-refractivity contribution is 0.139. The Hall–Kier alpha value is -1.85. The first kappa shape index (κ1) is 14.2. The summed E-state index contributed by atoms with van der Waals surface area (Å²) in [7, 11) is 0. The molecule has 0 aliphatic carbocycles. The van der Waals surface area contributed by atoms with E-state index >= 15 is 0 Å². The summed E-state index contributed by atoms with van der Waals surface area (Å²) in [6, 6.07) is 2.92. The summed E-state index contributed by atoms with van der Waals surface area (Å²) in [6.07, 6.45) is 3.31. The van der Waals surface area contributed by atoms with Crippen LogP contribution >= 0.6 is 0 Å². The molecule has 0 N–H and O–H groups in total. The van der Waals surface area contributed by atoms with Crippen molar-refractivity contribution in [3.8, 4) is 17.2 Å². The van der Waals surface area contributed by atoms with Gasteiger partial charge in [0.1, 0.15) is 0 Å². The number of ether oxygens (including phenoxy) is 3. The molecule has 0 atom stereocenters. The van der Waals surface area contributed by atoms with Crippen LogP contribution in [0.15, 0.2) is 18.2 Å². The van der Waals surface area contributed by atoms with Crippen molar-refractivity contribution < 1.29 is 27.4 Å². The van der Waals surface area contributed by atoms with Crippen LogP contribution in [0.2, 0.25) is 0 Å². The van der Waals surface area contributed by atoms with Gasteiger partial charge in [-0.15, -0.1) is 0 Å². The lowest BCUT2D eigenvalue weighted by Crippen LogP contribution is -2.02. The van der Waals surface area contributed by atoms with Crippen LogP contribution in [0.3, 0.4) is 0 Å². The molecular formula is C12H13F3O3. The van der Waals surface area contributed by atoms with E-state index in [1.165, 1.54) is 12.1 Å². The number of hydrogen-bond donors (Lipinski definition) is 0. The molecular weight excluding hydrogens is 249 g/mol. The van der Waals surface area contributed by atoms with Crippen molar-refractivity contribution in [3.05, 3.63) is 23.8 Å². The first-order chi connectivity index (χ1) is 8.78. The van der Waals surface area contributed by atoms with E-state index in [4.69, 9.17) is 4.74 Å². The lowest BCUT2D eigenvalue weighted by Gasteiger charge is -2.15. The normalized spacial score (nSPS) is 10.7. The fraction of sp³-hybridized carbons (Fsp3) is 0.333. The van der Waals surface area contributed by atoms with Crippen LogP contribution < -0.4 is 14.2 Å². The van der Waals surface area contributed by atoms with Crippen LogP contribution in [0.5, 0.6) is 17.2 Å². The summed E-state index contributed by atoms with van der Waals surface area (Å²) in [4.78, 5) is 0. The SMILES string of the molecule is CC=Cc1ccc(OCF)c(OCF)c1OCF. The average Bonchev–Trinajstić information content (AvgIpc) is 2.37. The number of allylic oxidation sites excluding steroid dienone is 1. The minimum atomic E-state index is -1.16. The number of benzene rings is 1. The molecule has 0 heterocycles. The van der Waals surface area contributed by atoms with Gasteiger partial charge in [-0.3, -0.25) is 0 Å². The molecule has 0 aliphatic heterocycles. The van der Waals surface area contributed by atoms with E-state index in [0.29, 0.717) is 5.56 Å². The highest BCUT2D eigenvalue weighted by Crippen LogP contribution is 2.41. The standard InChI is InChI=1S/C12H13F3O3/c1-2-3-9-4-5-10(16-6-13)12(18-8-15)11(9)17-7-14/h2-5H,6-8H2,1H3. The molecule has 3 nitrogen and oxygen atoms in total. The minimum Gasteiger partial charge on any atom is -0.459 e. The van der Waals surface area contributed by atoms with Gasteiger partial charge >= 0.3 is 0 Å². The summed E-state index contributed by atoms with van der Waals surface area (Å²) in [6.45, 7) is -1.64. The Morgan fingerprint density at radius 3 is 2.11 bits per heavy atom. The number of hydrogen-bond acceptors (Lipinski definition) is 3. The molecule has 0 aliphatic rings. The second-order valence-electron chi connectivity index (χ2n) is 3.07. The topological polar surface area (TPSA) is 27.7 Å². The van der Waals surface area contributed by atoms with Crippen molar-refractivity contribution in [2.24, 2.45) is 0 Å². The van der Waals surface area contributed by atoms with E-state index < -0.39 is 20.6 Å². The van der Waals surface area contributed by atoms with Crippen LogP contribution in [0.4, 0.5) is 13.2 Å². The summed E-state index contributed by atoms with van der Waals surface area (Å²) in [5.41, 5.74) is 0.477. The van der Waals surface area contributed by atoms with E-state index in [1.807, 2.05) is 0 Å². The molecule has 6 heteroatoms. The summed E-state index contributed by atoms with van der Waals surface area (Å²) >= 11 is 0. The smallest absolute Gasteiger partial charge is 0.229 e. The zero-order valence-electron chi connectivity index (χ0n) is 9.79. The molecule has 0 bridgehead atoms. The molecule has 1 aromatic rings. The zero-order valence-corrected chi connectivity index (χ0v) is 9.79. The monoisotopic (exact) mass is 262 g/mol. The molecule has 1 aromatic carbocycles. The van der Waals surface area contributed by atoms with Gasteiger partial charge in [-0.05, 0) is 19.1 Å². The third-order valence-corrected chi connectivity index (χ3v) is 2.06. The lowest BCUT2D eigenvalue weighted by atomic mass is 10.1. The number of halogens is 3. The van der Waals surface area contributed by atoms with Crippen molar-refractivity contribution in [3.63, 3.8) is 0 Å². The largest absolute Gasteiger partial charge is 0.459 e. The second kappa shape index (κ2) is 7.47. The van der Waals surface area contributed by atoms with Gasteiger partial charge in [0.25, 0.3) is 0 Å². The van der Waals surface area contributed by atoms with Crippen LogP contribution in [0.1, 0.15) is 12.5 Å². The third-order valence-electron chi connectivity index (χ3n) is 2.06. The molecule has 100 valence electrons. The Kier molecular flexibility index (Phi) is 5.90. The first-order valence-electron chi connectivity index (χ1n) is 5.14. The maximum atomic E-state index is 12.3. The fourth-order valence-corrected chi connectivity index (χ4v) is 1.44. The van der Waals surface area contributed by atoms with E-state index in [0.717, 1.165) is 0 Å². The molecule has 0 saturated heterocycles. The van der Waals surface area contributed by atoms with Crippen molar-refractivity contribution in [1.29, 1.82) is 0 Å². The molecule has 0 unspecified atom stereocenters. The Morgan fingerprint density at radius 2 is 1.56 bits per heavy atom. The Morgan fingerprint density at radius 1 is 0.944 bits per heavy atom. The van der Waals surface area contributed by atoms with Gasteiger partial charge in [-0.2, -0.15) is 0 Å². The van der Waals surface area contributed by atoms with Gasteiger partial charge in [-0.1, -0.05) is 12.2 Å². The summed E-state index contributed by atoms with van der Waals surface area (Å²) < 4.78 is 50.8. The Bertz CT molecular complexity index is 408. The van der Waals surface area contributed by atoms with Crippen molar-refractivity contribution in [2.45, 2.75) is 6.92 Å². The molecule has 0 amide bonds. The molecule has 1 rings (SSSR count). The number of alkyl halides is 3. The van der Waals surface area contributed by atoms with Gasteiger partial charge in [-0.25, -0.2) is 13.2 Å². The van der Waals surface area contributed by atoms with Crippen LogP contribution in [0, 0.1) is 0 Å². The predicted molar refractivity (Wildman–Crippen MR) is 61.0 cm³/mol. The first-order valence-corrected chi connectivity index (χ1v) is 5.14. The maximum Gasteiger partial charge on any atom is 0.229 e. The van der Waals surface area contributed by atoms with Crippen LogP contribution in [-0.4, -0.2) is 20.6 Å². The van der Waals surface area contributed by atoms with Gasteiger partial charge < -0.3 is 14.2 Å². The van der Waals surface area contributed by atoms with Gasteiger partial charge in [0.2, 0.25) is 26.3 Å². The number of rotatable bonds is 7. The van der Waals surface area contributed by atoms with Gasteiger partial charge in [0, 0.05) is 5.56 Å². The van der Waals surface area contributed by atoms with E-state index in [-0.39, 0.29) is 17.2 Å². The third kappa shape index (κ3) is 3.32. The minimum absolute atomic E-state index is 0.0285. The quantitative estimate of drug-likeness (QED) is 0.750. The molecule has 0 radical (unpaired) electrons. The molecule has 0 saturated carbocycles.